The van der Waals surface area contributed by atoms with E-state index >= 15 is 0 Å². The van der Waals surface area contributed by atoms with Gasteiger partial charge in [-0.15, -0.1) is 0 Å². The van der Waals surface area contributed by atoms with Gasteiger partial charge in [-0.2, -0.15) is 0 Å². The quantitative estimate of drug-likeness (QED) is 0.0634. The number of aliphatic hydroxyl groups is 4. The molecule has 262 valence electrons. The molecule has 0 aromatic heterocycles. The van der Waals surface area contributed by atoms with E-state index in [1.165, 1.54) is 38.5 Å². The van der Waals surface area contributed by atoms with Crippen LogP contribution in [0.5, 0.6) is 0 Å². The highest BCUT2D eigenvalue weighted by molar-refractivity contribution is 5.90. The molecule has 45 heavy (non-hydrogen) atoms. The van der Waals surface area contributed by atoms with Crippen molar-refractivity contribution in [3.63, 3.8) is 0 Å². The molecule has 0 aromatic carbocycles. The molecule has 0 saturated carbocycles. The van der Waals surface area contributed by atoms with Crippen molar-refractivity contribution in [2.75, 3.05) is 0 Å². The van der Waals surface area contributed by atoms with Crippen LogP contribution in [-0.4, -0.2) is 81.3 Å². The van der Waals surface area contributed by atoms with Crippen LogP contribution in [0.25, 0.3) is 0 Å². The summed E-state index contributed by atoms with van der Waals surface area (Å²) < 4.78 is 17.3. The first-order valence-corrected chi connectivity index (χ1v) is 18.7. The summed E-state index contributed by atoms with van der Waals surface area (Å²) in [5.41, 5.74) is 0.600. The molecule has 3 heterocycles. The summed E-state index contributed by atoms with van der Waals surface area (Å²) >= 11 is 0. The van der Waals surface area contributed by atoms with E-state index in [0.29, 0.717) is 31.3 Å². The Balaban J connectivity index is 1.16. The first-order valence-electron chi connectivity index (χ1n) is 18.7. The third-order valence-electron chi connectivity index (χ3n) is 10.1. The van der Waals surface area contributed by atoms with Gasteiger partial charge in [0.2, 0.25) is 0 Å². The minimum Gasteiger partial charge on any atom is -0.455 e. The lowest BCUT2D eigenvalue weighted by Gasteiger charge is -2.24. The van der Waals surface area contributed by atoms with E-state index in [2.05, 4.69) is 6.92 Å². The molecule has 3 rings (SSSR count). The maximum atomic E-state index is 11.7. The number of ether oxygens (including phenoxy) is 3. The van der Waals surface area contributed by atoms with Crippen LogP contribution < -0.4 is 0 Å². The van der Waals surface area contributed by atoms with Crippen molar-refractivity contribution in [1.82, 2.24) is 0 Å². The maximum absolute atomic E-state index is 11.7. The number of aliphatic hydroxyl groups excluding tert-OH is 4. The Hall–Kier alpha value is -1.03. The number of carbonyl (C=O) groups excluding carboxylic acids is 1. The van der Waals surface area contributed by atoms with Crippen LogP contribution in [0, 0.1) is 0 Å². The molecule has 0 amide bonds. The van der Waals surface area contributed by atoms with Crippen molar-refractivity contribution < 1.29 is 39.4 Å². The highest BCUT2D eigenvalue weighted by atomic mass is 16.5. The van der Waals surface area contributed by atoms with E-state index in [0.717, 1.165) is 83.5 Å². The molecule has 0 aliphatic carbocycles. The number of esters is 1. The highest BCUT2D eigenvalue weighted by Crippen LogP contribution is 2.31. The van der Waals surface area contributed by atoms with Crippen LogP contribution in [0.15, 0.2) is 11.6 Å². The molecule has 3 aliphatic heterocycles. The molecule has 8 heteroatoms. The van der Waals surface area contributed by atoms with E-state index in [1.807, 2.05) is 6.92 Å². The third kappa shape index (κ3) is 14.7. The monoisotopic (exact) mass is 638 g/mol. The van der Waals surface area contributed by atoms with Gasteiger partial charge in [-0.3, -0.25) is 0 Å². The molecule has 4 N–H and O–H groups in total. The summed E-state index contributed by atoms with van der Waals surface area (Å²) in [4.78, 5) is 11.7. The second kappa shape index (κ2) is 21.8. The standard InChI is InChI=1S/C37H66O8/c1-3-4-5-6-7-8-12-15-18-31(39)35-23-24-36(45-35)33(41)21-20-32(40)34-22-19-30(44-34)17-14-11-9-10-13-16-29(38)26-28-25-27(2)43-37(28)42/h25,27,29-36,38-41H,3-24,26H2,1-2H3/t27-,29+,30-,31-,32-,33+,34-,35+,36+/m0/s1. The van der Waals surface area contributed by atoms with E-state index in [9.17, 15) is 25.2 Å². The molecule has 2 fully saturated rings. The van der Waals surface area contributed by atoms with Crippen LogP contribution in [0.4, 0.5) is 0 Å². The van der Waals surface area contributed by atoms with Crippen molar-refractivity contribution in [3.05, 3.63) is 11.6 Å². The van der Waals surface area contributed by atoms with Crippen molar-refractivity contribution in [2.45, 2.75) is 216 Å². The summed E-state index contributed by atoms with van der Waals surface area (Å²) in [5.74, 6) is -0.295. The molecule has 0 unspecified atom stereocenters. The van der Waals surface area contributed by atoms with Crippen molar-refractivity contribution in [3.8, 4) is 0 Å². The fourth-order valence-corrected chi connectivity index (χ4v) is 7.29. The molecule has 0 spiro atoms. The summed E-state index contributed by atoms with van der Waals surface area (Å²) in [6.07, 6.45) is 21.6. The first kappa shape index (κ1) is 38.4. The molecular formula is C37H66O8. The van der Waals surface area contributed by atoms with Crippen molar-refractivity contribution >= 4 is 5.97 Å². The van der Waals surface area contributed by atoms with E-state index < -0.39 is 24.4 Å². The number of hydrogen-bond acceptors (Lipinski definition) is 8. The van der Waals surface area contributed by atoms with Gasteiger partial charge in [0.25, 0.3) is 0 Å². The fraction of sp³-hybridized carbons (Fsp3) is 0.919. The smallest absolute Gasteiger partial charge is 0.334 e. The number of hydrogen-bond donors (Lipinski definition) is 4. The van der Waals surface area contributed by atoms with Crippen LogP contribution in [0.1, 0.15) is 162 Å². The molecule has 3 aliphatic rings. The fourth-order valence-electron chi connectivity index (χ4n) is 7.29. The maximum Gasteiger partial charge on any atom is 0.334 e. The Labute approximate surface area is 273 Å². The van der Waals surface area contributed by atoms with Crippen molar-refractivity contribution in [1.29, 1.82) is 0 Å². The molecule has 9 atom stereocenters. The van der Waals surface area contributed by atoms with Gasteiger partial charge in [0.15, 0.2) is 0 Å². The SMILES string of the molecule is CCCCCCCCCC[C@H](O)[C@H]1CC[C@H]([C@H](O)CC[C@H](O)[C@@H]2CC[C@H](CCCCCCC[C@@H](O)CC3=C[C@H](C)OC3=O)O2)O1. The molecule has 8 nitrogen and oxygen atoms in total. The average molecular weight is 639 g/mol. The van der Waals surface area contributed by atoms with Gasteiger partial charge in [-0.05, 0) is 70.8 Å². The lowest BCUT2D eigenvalue weighted by molar-refractivity contribution is -0.139. The summed E-state index contributed by atoms with van der Waals surface area (Å²) in [7, 11) is 0. The first-order chi connectivity index (χ1) is 21.8. The normalized spacial score (nSPS) is 27.8. The van der Waals surface area contributed by atoms with Gasteiger partial charge in [0.1, 0.15) is 6.10 Å². The largest absolute Gasteiger partial charge is 0.455 e. The van der Waals surface area contributed by atoms with Crippen molar-refractivity contribution in [2.24, 2.45) is 0 Å². The second-order valence-corrected chi connectivity index (χ2v) is 14.2. The second-order valence-electron chi connectivity index (χ2n) is 14.2. The van der Waals surface area contributed by atoms with E-state index in [4.69, 9.17) is 14.2 Å². The van der Waals surface area contributed by atoms with Gasteiger partial charge in [-0.1, -0.05) is 90.4 Å². The summed E-state index contributed by atoms with van der Waals surface area (Å²) in [6.45, 7) is 4.07. The average Bonchev–Trinajstić information content (AvgIpc) is 3.77. The highest BCUT2D eigenvalue weighted by Gasteiger charge is 2.36. The van der Waals surface area contributed by atoms with E-state index in [1.54, 1.807) is 6.08 Å². The molecular weight excluding hydrogens is 572 g/mol. The lowest BCUT2D eigenvalue weighted by atomic mass is 9.98. The molecule has 2 saturated heterocycles. The van der Waals surface area contributed by atoms with E-state index in [-0.39, 0.29) is 36.5 Å². The zero-order chi connectivity index (χ0) is 32.4. The number of unbranched alkanes of at least 4 members (excludes halogenated alkanes) is 11. The number of rotatable bonds is 25. The Morgan fingerprint density at radius 3 is 1.78 bits per heavy atom. The topological polar surface area (TPSA) is 126 Å². The zero-order valence-electron chi connectivity index (χ0n) is 28.5. The minimum atomic E-state index is -0.627. The van der Waals surface area contributed by atoms with Gasteiger partial charge >= 0.3 is 5.97 Å². The van der Waals surface area contributed by atoms with Crippen LogP contribution >= 0.6 is 0 Å². The predicted molar refractivity (Wildman–Crippen MR) is 177 cm³/mol. The Morgan fingerprint density at radius 2 is 1.18 bits per heavy atom. The summed E-state index contributed by atoms with van der Waals surface area (Å²) in [6, 6.07) is 0. The van der Waals surface area contributed by atoms with Crippen LogP contribution in [0.2, 0.25) is 0 Å². The molecule has 0 aromatic rings. The zero-order valence-corrected chi connectivity index (χ0v) is 28.5. The molecule has 0 bridgehead atoms. The number of cyclic esters (lactones) is 1. The lowest BCUT2D eigenvalue weighted by Crippen LogP contribution is -2.33. The van der Waals surface area contributed by atoms with Gasteiger partial charge in [-0.25, -0.2) is 4.79 Å². The summed E-state index contributed by atoms with van der Waals surface area (Å²) in [5, 5.41) is 42.4. The van der Waals surface area contributed by atoms with Crippen LogP contribution in [0.3, 0.4) is 0 Å². The van der Waals surface area contributed by atoms with Gasteiger partial charge in [0, 0.05) is 12.0 Å². The Morgan fingerprint density at radius 1 is 0.667 bits per heavy atom. The number of carbonyl (C=O) groups is 1. The Bertz CT molecular complexity index is 833. The van der Waals surface area contributed by atoms with Gasteiger partial charge < -0.3 is 34.6 Å². The minimum absolute atomic E-state index is 0.162. The predicted octanol–water partition coefficient (Wildman–Crippen LogP) is 6.83. The van der Waals surface area contributed by atoms with Gasteiger partial charge in [0.05, 0.1) is 48.8 Å². The Kier molecular flexibility index (Phi) is 18.6. The van der Waals surface area contributed by atoms with Crippen LogP contribution in [-0.2, 0) is 19.0 Å². The third-order valence-corrected chi connectivity index (χ3v) is 10.1. The molecule has 0 radical (unpaired) electrons.